The van der Waals surface area contributed by atoms with Gasteiger partial charge in [0.05, 0.1) is 30.3 Å². The number of aromatic amines is 1. The van der Waals surface area contributed by atoms with Gasteiger partial charge in [0.1, 0.15) is 11.3 Å². The monoisotopic (exact) mass is 272 g/mol. The average Bonchev–Trinajstić information content (AvgIpc) is 2.43. The third-order valence-electron chi connectivity index (χ3n) is 2.87. The second-order valence-corrected chi connectivity index (χ2v) is 4.22. The van der Waals surface area contributed by atoms with Crippen molar-refractivity contribution in [1.82, 2.24) is 19.5 Å². The Morgan fingerprint density at radius 1 is 1.25 bits per heavy atom. The molecule has 6 nitrogen and oxygen atoms in total. The predicted octanol–water partition coefficient (Wildman–Crippen LogP) is 0.667. The van der Waals surface area contributed by atoms with Crippen LogP contribution < -0.4 is 11.1 Å². The van der Waals surface area contributed by atoms with E-state index in [1.54, 1.807) is 0 Å². The predicted molar refractivity (Wildman–Crippen MR) is 69.9 cm³/mol. The lowest BCUT2D eigenvalue weighted by atomic mass is 10.2. The van der Waals surface area contributed by atoms with Crippen LogP contribution in [0.3, 0.4) is 0 Å². The zero-order valence-electron chi connectivity index (χ0n) is 10.2. The minimum absolute atomic E-state index is 0.0348. The summed E-state index contributed by atoms with van der Waals surface area (Å²) in [6.07, 6.45) is 2.51. The number of hydrogen-bond donors (Lipinski definition) is 1. The van der Waals surface area contributed by atoms with E-state index in [-0.39, 0.29) is 28.6 Å². The number of aromatic nitrogens is 4. The molecule has 0 saturated carbocycles. The first-order chi connectivity index (χ1) is 9.65. The van der Waals surface area contributed by atoms with Crippen LogP contribution in [0.5, 0.6) is 0 Å². The number of fused-ring (bicyclic) bond motifs is 1. The summed E-state index contributed by atoms with van der Waals surface area (Å²) in [6, 6.07) is 5.51. The van der Waals surface area contributed by atoms with Crippen LogP contribution in [0.4, 0.5) is 4.39 Å². The molecule has 0 saturated heterocycles. The van der Waals surface area contributed by atoms with Crippen LogP contribution in [0.15, 0.2) is 46.5 Å². The van der Waals surface area contributed by atoms with Crippen molar-refractivity contribution in [2.45, 2.75) is 6.54 Å². The van der Waals surface area contributed by atoms with E-state index in [1.807, 2.05) is 0 Å². The lowest BCUT2D eigenvalue weighted by Gasteiger charge is -2.06. The second kappa shape index (κ2) is 4.69. The zero-order valence-corrected chi connectivity index (χ0v) is 10.2. The Morgan fingerprint density at radius 3 is 2.90 bits per heavy atom. The lowest BCUT2D eigenvalue weighted by Crippen LogP contribution is -2.22. The summed E-state index contributed by atoms with van der Waals surface area (Å²) < 4.78 is 14.8. The van der Waals surface area contributed by atoms with Gasteiger partial charge in [-0.05, 0) is 12.1 Å². The van der Waals surface area contributed by atoms with Crippen molar-refractivity contribution < 1.29 is 4.39 Å². The Morgan fingerprint density at radius 2 is 2.10 bits per heavy atom. The number of H-pyrrole nitrogens is 1. The molecule has 2 heterocycles. The highest BCUT2D eigenvalue weighted by molar-refractivity contribution is 5.77. The normalized spacial score (nSPS) is 10.8. The molecule has 7 heteroatoms. The minimum Gasteiger partial charge on any atom is -0.313 e. The van der Waals surface area contributed by atoms with Gasteiger partial charge in [0.25, 0.3) is 11.1 Å². The van der Waals surface area contributed by atoms with Gasteiger partial charge in [-0.15, -0.1) is 0 Å². The van der Waals surface area contributed by atoms with Crippen molar-refractivity contribution >= 4 is 10.9 Å². The van der Waals surface area contributed by atoms with Gasteiger partial charge in [-0.2, -0.15) is 0 Å². The number of halogens is 1. The van der Waals surface area contributed by atoms with Gasteiger partial charge < -0.3 is 4.98 Å². The van der Waals surface area contributed by atoms with Gasteiger partial charge in [-0.25, -0.2) is 14.4 Å². The highest BCUT2D eigenvalue weighted by Crippen LogP contribution is 2.10. The van der Waals surface area contributed by atoms with Crippen LogP contribution in [0, 0.1) is 5.82 Å². The van der Waals surface area contributed by atoms with E-state index in [2.05, 4.69) is 15.0 Å². The molecule has 20 heavy (non-hydrogen) atoms. The Hall–Kier alpha value is -2.83. The summed E-state index contributed by atoms with van der Waals surface area (Å²) in [5, 5.41) is 0.192. The van der Waals surface area contributed by atoms with E-state index in [0.29, 0.717) is 5.69 Å². The highest BCUT2D eigenvalue weighted by Gasteiger charge is 2.08. The van der Waals surface area contributed by atoms with Crippen LogP contribution in [-0.2, 0) is 6.54 Å². The first-order valence-corrected chi connectivity index (χ1v) is 5.82. The van der Waals surface area contributed by atoms with Crippen LogP contribution in [-0.4, -0.2) is 19.5 Å². The summed E-state index contributed by atoms with van der Waals surface area (Å²) in [5.41, 5.74) is -0.222. The summed E-state index contributed by atoms with van der Waals surface area (Å²) in [5.74, 6) is -0.541. The van der Waals surface area contributed by atoms with Crippen molar-refractivity contribution in [3.63, 3.8) is 0 Å². The third-order valence-corrected chi connectivity index (χ3v) is 2.87. The van der Waals surface area contributed by atoms with E-state index >= 15 is 0 Å². The zero-order chi connectivity index (χ0) is 14.1. The Bertz CT molecular complexity index is 901. The van der Waals surface area contributed by atoms with Gasteiger partial charge in [0.2, 0.25) is 0 Å². The quantitative estimate of drug-likeness (QED) is 0.743. The fourth-order valence-electron chi connectivity index (χ4n) is 1.94. The smallest absolute Gasteiger partial charge is 0.261 e. The molecule has 100 valence electrons. The van der Waals surface area contributed by atoms with Crippen LogP contribution in [0.1, 0.15) is 5.69 Å². The van der Waals surface area contributed by atoms with Crippen LogP contribution in [0.2, 0.25) is 0 Å². The molecule has 0 spiro atoms. The Labute approximate surface area is 111 Å². The average molecular weight is 272 g/mol. The molecule has 3 rings (SSSR count). The standard InChI is InChI=1S/C13H9FN4O2/c14-10-3-1-2-9-12(10)17-7-18(13(9)20)5-8-4-11(19)16-6-15-8/h1-4,6-7H,5H2,(H,15,16,19). The van der Waals surface area contributed by atoms with Gasteiger partial charge in [-0.3, -0.25) is 14.2 Å². The molecule has 0 atom stereocenters. The Kier molecular flexibility index (Phi) is 2.86. The lowest BCUT2D eigenvalue weighted by molar-refractivity contribution is 0.633. The third kappa shape index (κ3) is 2.09. The van der Waals surface area contributed by atoms with E-state index in [9.17, 15) is 14.0 Å². The largest absolute Gasteiger partial charge is 0.313 e. The Balaban J connectivity index is 2.12. The second-order valence-electron chi connectivity index (χ2n) is 4.22. The molecule has 3 aromatic rings. The van der Waals surface area contributed by atoms with E-state index in [0.717, 1.165) is 0 Å². The highest BCUT2D eigenvalue weighted by atomic mass is 19.1. The van der Waals surface area contributed by atoms with Gasteiger partial charge in [0.15, 0.2) is 0 Å². The molecule has 0 radical (unpaired) electrons. The van der Waals surface area contributed by atoms with Crippen molar-refractivity contribution in [3.8, 4) is 0 Å². The molecule has 0 fully saturated rings. The van der Waals surface area contributed by atoms with Crippen molar-refractivity contribution in [2.75, 3.05) is 0 Å². The molecular formula is C13H9FN4O2. The summed E-state index contributed by atoms with van der Waals surface area (Å²) in [4.78, 5) is 33.7. The molecule has 0 bridgehead atoms. The number of nitrogens with zero attached hydrogens (tertiary/aromatic N) is 3. The van der Waals surface area contributed by atoms with Crippen LogP contribution in [0.25, 0.3) is 10.9 Å². The summed E-state index contributed by atoms with van der Waals surface area (Å²) in [7, 11) is 0. The first kappa shape index (κ1) is 12.2. The molecule has 2 aromatic heterocycles. The van der Waals surface area contributed by atoms with Crippen molar-refractivity contribution in [3.05, 3.63) is 69.1 Å². The molecule has 1 N–H and O–H groups in total. The van der Waals surface area contributed by atoms with Crippen molar-refractivity contribution in [2.24, 2.45) is 0 Å². The van der Waals surface area contributed by atoms with Crippen molar-refractivity contribution in [1.29, 1.82) is 0 Å². The maximum Gasteiger partial charge on any atom is 0.261 e. The van der Waals surface area contributed by atoms with E-state index < -0.39 is 5.82 Å². The number of nitrogens with one attached hydrogen (secondary N) is 1. The summed E-state index contributed by atoms with van der Waals surface area (Å²) >= 11 is 0. The van der Waals surface area contributed by atoms with Gasteiger partial charge in [-0.1, -0.05) is 6.07 Å². The summed E-state index contributed by atoms with van der Waals surface area (Å²) in [6.45, 7) is 0.0994. The van der Waals surface area contributed by atoms with Gasteiger partial charge in [0, 0.05) is 6.07 Å². The minimum atomic E-state index is -0.541. The number of benzene rings is 1. The topological polar surface area (TPSA) is 80.6 Å². The fraction of sp³-hybridized carbons (Fsp3) is 0.0769. The SMILES string of the molecule is O=c1cc(Cn2cnc3c(F)cccc3c2=O)nc[nH]1. The maximum atomic E-state index is 13.5. The molecule has 0 aliphatic carbocycles. The molecule has 0 amide bonds. The molecule has 0 aliphatic rings. The molecular weight excluding hydrogens is 263 g/mol. The van der Waals surface area contributed by atoms with Crippen LogP contribution >= 0.6 is 0 Å². The first-order valence-electron chi connectivity index (χ1n) is 5.82. The maximum absolute atomic E-state index is 13.5. The number of para-hydroxylation sites is 1. The van der Waals surface area contributed by atoms with E-state index in [4.69, 9.17) is 0 Å². The molecule has 0 unspecified atom stereocenters. The number of hydrogen-bond acceptors (Lipinski definition) is 4. The molecule has 0 aliphatic heterocycles. The van der Waals surface area contributed by atoms with E-state index in [1.165, 1.54) is 41.5 Å². The molecule has 1 aromatic carbocycles. The van der Waals surface area contributed by atoms with Gasteiger partial charge >= 0.3 is 0 Å². The number of rotatable bonds is 2. The fourth-order valence-corrected chi connectivity index (χ4v) is 1.94.